The molecule has 120 valence electrons. The van der Waals surface area contributed by atoms with Gasteiger partial charge in [0.25, 0.3) is 5.91 Å². The highest BCUT2D eigenvalue weighted by molar-refractivity contribution is 9.10. The van der Waals surface area contributed by atoms with Crippen LogP contribution in [0, 0.1) is 0 Å². The SMILES string of the molecule is CC(=O)Oc1ccc(Br)cc1C(=O)NCCCCCC(=O)O. The third kappa shape index (κ3) is 6.71. The van der Waals surface area contributed by atoms with Gasteiger partial charge in [-0.3, -0.25) is 14.4 Å². The van der Waals surface area contributed by atoms with Gasteiger partial charge in [-0.15, -0.1) is 0 Å². The lowest BCUT2D eigenvalue weighted by molar-refractivity contribution is -0.137. The van der Waals surface area contributed by atoms with Crippen molar-refractivity contribution in [3.8, 4) is 5.75 Å². The smallest absolute Gasteiger partial charge is 0.308 e. The van der Waals surface area contributed by atoms with Crippen molar-refractivity contribution >= 4 is 33.8 Å². The normalized spacial score (nSPS) is 10.1. The van der Waals surface area contributed by atoms with E-state index >= 15 is 0 Å². The van der Waals surface area contributed by atoms with Crippen LogP contribution in [0.4, 0.5) is 0 Å². The minimum Gasteiger partial charge on any atom is -0.481 e. The summed E-state index contributed by atoms with van der Waals surface area (Å²) in [6.45, 7) is 1.71. The standard InChI is InChI=1S/C15H18BrNO5/c1-10(18)22-13-7-6-11(16)9-12(13)15(21)17-8-4-2-3-5-14(19)20/h6-7,9H,2-5,8H2,1H3,(H,17,21)(H,19,20). The highest BCUT2D eigenvalue weighted by Crippen LogP contribution is 2.23. The fraction of sp³-hybridized carbons (Fsp3) is 0.400. The molecule has 2 N–H and O–H groups in total. The van der Waals surface area contributed by atoms with Crippen molar-refractivity contribution in [1.29, 1.82) is 0 Å². The number of rotatable bonds is 8. The number of unbranched alkanes of at least 4 members (excludes halogenated alkanes) is 2. The van der Waals surface area contributed by atoms with Crippen LogP contribution in [0.25, 0.3) is 0 Å². The molecular weight excluding hydrogens is 354 g/mol. The molecule has 0 saturated carbocycles. The Hall–Kier alpha value is -1.89. The van der Waals surface area contributed by atoms with Crippen LogP contribution >= 0.6 is 15.9 Å². The molecule has 0 aliphatic carbocycles. The Morgan fingerprint density at radius 2 is 1.95 bits per heavy atom. The van der Waals surface area contributed by atoms with E-state index in [0.29, 0.717) is 23.9 Å². The van der Waals surface area contributed by atoms with E-state index in [1.54, 1.807) is 18.2 Å². The van der Waals surface area contributed by atoms with E-state index in [0.717, 1.165) is 6.42 Å². The number of aliphatic carboxylic acids is 1. The molecule has 0 heterocycles. The molecule has 0 fully saturated rings. The summed E-state index contributed by atoms with van der Waals surface area (Å²) in [6.07, 6.45) is 2.13. The molecule has 0 saturated heterocycles. The molecule has 22 heavy (non-hydrogen) atoms. The van der Waals surface area contributed by atoms with E-state index < -0.39 is 11.9 Å². The molecule has 0 bridgehead atoms. The first-order chi connectivity index (χ1) is 10.4. The molecule has 6 nitrogen and oxygen atoms in total. The first-order valence-corrected chi connectivity index (χ1v) is 7.67. The zero-order valence-corrected chi connectivity index (χ0v) is 13.8. The average molecular weight is 372 g/mol. The summed E-state index contributed by atoms with van der Waals surface area (Å²) in [5.41, 5.74) is 0.273. The quantitative estimate of drug-likeness (QED) is 0.416. The molecular formula is C15H18BrNO5. The zero-order valence-electron chi connectivity index (χ0n) is 12.2. The fourth-order valence-corrected chi connectivity index (χ4v) is 2.16. The topological polar surface area (TPSA) is 92.7 Å². The van der Waals surface area contributed by atoms with Crippen LogP contribution in [0.15, 0.2) is 22.7 Å². The summed E-state index contributed by atoms with van der Waals surface area (Å²) in [7, 11) is 0. The summed E-state index contributed by atoms with van der Waals surface area (Å²) >= 11 is 3.27. The lowest BCUT2D eigenvalue weighted by atomic mass is 10.1. The van der Waals surface area contributed by atoms with E-state index in [9.17, 15) is 14.4 Å². The van der Waals surface area contributed by atoms with Crippen LogP contribution in [0.5, 0.6) is 5.75 Å². The number of ether oxygens (including phenoxy) is 1. The third-order valence-corrected chi connectivity index (χ3v) is 3.29. The predicted octanol–water partition coefficient (Wildman–Crippen LogP) is 2.75. The monoisotopic (exact) mass is 371 g/mol. The lowest BCUT2D eigenvalue weighted by Crippen LogP contribution is -2.25. The Morgan fingerprint density at radius 1 is 1.23 bits per heavy atom. The second-order valence-electron chi connectivity index (χ2n) is 4.69. The number of halogens is 1. The fourth-order valence-electron chi connectivity index (χ4n) is 1.80. The van der Waals surface area contributed by atoms with Crippen LogP contribution in [0.1, 0.15) is 43.0 Å². The molecule has 0 unspecified atom stereocenters. The van der Waals surface area contributed by atoms with Gasteiger partial charge in [0.1, 0.15) is 5.75 Å². The number of hydrogen-bond donors (Lipinski definition) is 2. The minimum atomic E-state index is -0.816. The van der Waals surface area contributed by atoms with Crippen molar-refractivity contribution in [2.75, 3.05) is 6.54 Å². The highest BCUT2D eigenvalue weighted by atomic mass is 79.9. The Kier molecular flexibility index (Phi) is 7.59. The van der Waals surface area contributed by atoms with Gasteiger partial charge in [-0.25, -0.2) is 0 Å². The van der Waals surface area contributed by atoms with Crippen LogP contribution in [0.2, 0.25) is 0 Å². The Labute approximate surface area is 137 Å². The predicted molar refractivity (Wildman–Crippen MR) is 83.9 cm³/mol. The summed E-state index contributed by atoms with van der Waals surface area (Å²) in [4.78, 5) is 33.5. The van der Waals surface area contributed by atoms with Crippen LogP contribution in [-0.2, 0) is 9.59 Å². The largest absolute Gasteiger partial charge is 0.481 e. The number of carbonyl (C=O) groups is 3. The number of carboxylic acids is 1. The maximum Gasteiger partial charge on any atom is 0.308 e. The zero-order chi connectivity index (χ0) is 16.5. The Bertz CT molecular complexity index is 559. The van der Waals surface area contributed by atoms with Crippen LogP contribution < -0.4 is 10.1 Å². The summed E-state index contributed by atoms with van der Waals surface area (Å²) in [6, 6.07) is 4.81. The van der Waals surface area contributed by atoms with Gasteiger partial charge in [-0.05, 0) is 31.0 Å². The maximum absolute atomic E-state index is 12.1. The molecule has 1 aromatic carbocycles. The molecule has 0 radical (unpaired) electrons. The summed E-state index contributed by atoms with van der Waals surface area (Å²) in [5, 5.41) is 11.2. The van der Waals surface area contributed by atoms with Gasteiger partial charge in [0.15, 0.2) is 0 Å². The molecule has 1 rings (SSSR count). The van der Waals surface area contributed by atoms with Crippen LogP contribution in [0.3, 0.4) is 0 Å². The lowest BCUT2D eigenvalue weighted by Gasteiger charge is -2.10. The maximum atomic E-state index is 12.1. The van der Waals surface area contributed by atoms with Crippen LogP contribution in [-0.4, -0.2) is 29.5 Å². The van der Waals surface area contributed by atoms with Crippen molar-refractivity contribution in [3.05, 3.63) is 28.2 Å². The number of benzene rings is 1. The molecule has 7 heteroatoms. The van der Waals surface area contributed by atoms with Gasteiger partial charge in [-0.1, -0.05) is 22.4 Å². The molecule has 0 aliphatic heterocycles. The van der Waals surface area contributed by atoms with Gasteiger partial charge < -0.3 is 15.2 Å². The van der Waals surface area contributed by atoms with Crippen molar-refractivity contribution < 1.29 is 24.2 Å². The Balaban J connectivity index is 2.52. The van der Waals surface area contributed by atoms with E-state index in [2.05, 4.69) is 21.2 Å². The van der Waals surface area contributed by atoms with Crippen molar-refractivity contribution in [2.24, 2.45) is 0 Å². The Morgan fingerprint density at radius 3 is 2.59 bits per heavy atom. The number of nitrogens with one attached hydrogen (secondary N) is 1. The number of esters is 1. The number of amides is 1. The molecule has 1 aromatic rings. The number of carbonyl (C=O) groups excluding carboxylic acids is 2. The van der Waals surface area contributed by atoms with E-state index in [1.807, 2.05) is 0 Å². The number of carboxylic acid groups (broad SMARTS) is 1. The third-order valence-electron chi connectivity index (χ3n) is 2.79. The second kappa shape index (κ2) is 9.19. The van der Waals surface area contributed by atoms with Gasteiger partial charge in [0.2, 0.25) is 0 Å². The first kappa shape index (κ1) is 18.2. The first-order valence-electron chi connectivity index (χ1n) is 6.88. The van der Waals surface area contributed by atoms with Crippen molar-refractivity contribution in [2.45, 2.75) is 32.6 Å². The molecule has 0 atom stereocenters. The van der Waals surface area contributed by atoms with Crippen molar-refractivity contribution in [3.63, 3.8) is 0 Å². The van der Waals surface area contributed by atoms with E-state index in [-0.39, 0.29) is 23.6 Å². The second-order valence-corrected chi connectivity index (χ2v) is 5.61. The van der Waals surface area contributed by atoms with Crippen molar-refractivity contribution in [1.82, 2.24) is 5.32 Å². The van der Waals surface area contributed by atoms with Gasteiger partial charge in [0.05, 0.1) is 5.56 Å². The molecule has 0 aliphatic rings. The number of hydrogen-bond acceptors (Lipinski definition) is 4. The van der Waals surface area contributed by atoms with E-state index in [4.69, 9.17) is 9.84 Å². The molecule has 0 spiro atoms. The minimum absolute atomic E-state index is 0.135. The van der Waals surface area contributed by atoms with Gasteiger partial charge in [-0.2, -0.15) is 0 Å². The highest BCUT2D eigenvalue weighted by Gasteiger charge is 2.14. The summed E-state index contributed by atoms with van der Waals surface area (Å²) in [5.74, 6) is -1.44. The van der Waals surface area contributed by atoms with Gasteiger partial charge >= 0.3 is 11.9 Å². The average Bonchev–Trinajstić information content (AvgIpc) is 2.43. The molecule has 0 aromatic heterocycles. The van der Waals surface area contributed by atoms with Gasteiger partial charge in [0, 0.05) is 24.4 Å². The molecule has 1 amide bonds. The van der Waals surface area contributed by atoms with E-state index in [1.165, 1.54) is 6.92 Å². The summed E-state index contributed by atoms with van der Waals surface area (Å²) < 4.78 is 5.71.